The van der Waals surface area contributed by atoms with Gasteiger partial charge in [-0.15, -0.1) is 0 Å². The van der Waals surface area contributed by atoms with Crippen molar-refractivity contribution in [1.82, 2.24) is 0 Å². The molecule has 0 aromatic heterocycles. The fourth-order valence-electron chi connectivity index (χ4n) is 1.49. The van der Waals surface area contributed by atoms with E-state index in [0.29, 0.717) is 22.9 Å². The van der Waals surface area contributed by atoms with Gasteiger partial charge >= 0.3 is 0 Å². The molecule has 5 nitrogen and oxygen atoms in total. The second kappa shape index (κ2) is 6.07. The van der Waals surface area contributed by atoms with E-state index in [4.69, 9.17) is 4.74 Å². The third kappa shape index (κ3) is 3.01. The summed E-state index contributed by atoms with van der Waals surface area (Å²) in [6.07, 6.45) is 2.92. The van der Waals surface area contributed by atoms with Gasteiger partial charge < -0.3 is 4.74 Å². The highest BCUT2D eigenvalue weighted by molar-refractivity contribution is 5.62. The van der Waals surface area contributed by atoms with Gasteiger partial charge in [-0.2, -0.15) is 9.98 Å². The minimum absolute atomic E-state index is 0.349. The van der Waals surface area contributed by atoms with E-state index in [1.165, 1.54) is 12.2 Å². The van der Waals surface area contributed by atoms with E-state index >= 15 is 0 Å². The summed E-state index contributed by atoms with van der Waals surface area (Å²) in [5, 5.41) is 0. The third-order valence-electron chi connectivity index (χ3n) is 2.28. The zero-order chi connectivity index (χ0) is 13.5. The number of hydrogen-bond donors (Lipinski definition) is 0. The van der Waals surface area contributed by atoms with Gasteiger partial charge in [-0.1, -0.05) is 24.3 Å². The lowest BCUT2D eigenvalue weighted by Gasteiger charge is -2.08. The number of isocyanates is 2. The average molecular weight is 252 g/mol. The molecule has 0 atom stereocenters. The molecule has 0 unspecified atom stereocenters. The molecule has 0 fully saturated rings. The lowest BCUT2D eigenvalue weighted by atomic mass is 10.2. The van der Waals surface area contributed by atoms with Crippen molar-refractivity contribution in [2.75, 3.05) is 0 Å². The van der Waals surface area contributed by atoms with Crippen LogP contribution in [0.4, 0.5) is 11.4 Å². The predicted octanol–water partition coefficient (Wildman–Crippen LogP) is 3.41. The monoisotopic (exact) mass is 252 g/mol. The number of hydrogen-bond acceptors (Lipinski definition) is 5. The molecule has 0 amide bonds. The van der Waals surface area contributed by atoms with Crippen LogP contribution in [0, 0.1) is 0 Å². The maximum atomic E-state index is 10.3. The fraction of sp³-hybridized carbons (Fsp3) is 0. The van der Waals surface area contributed by atoms with Gasteiger partial charge in [-0.3, -0.25) is 0 Å². The standard InChI is InChI=1S/C14H8N2O3/c17-9-15-11-5-1-3-7-13(11)19-14-8-4-2-6-12(14)16-10-18/h1-8H. The average Bonchev–Trinajstić information content (AvgIpc) is 2.44. The zero-order valence-electron chi connectivity index (χ0n) is 9.74. The van der Waals surface area contributed by atoms with Gasteiger partial charge in [0.1, 0.15) is 11.4 Å². The zero-order valence-corrected chi connectivity index (χ0v) is 9.74. The Morgan fingerprint density at radius 1 is 0.737 bits per heavy atom. The number of carbonyl (C=O) groups excluding carboxylic acids is 2. The van der Waals surface area contributed by atoms with E-state index in [-0.39, 0.29) is 0 Å². The Labute approximate surface area is 108 Å². The lowest BCUT2D eigenvalue weighted by Crippen LogP contribution is -1.85. The van der Waals surface area contributed by atoms with E-state index in [9.17, 15) is 9.59 Å². The van der Waals surface area contributed by atoms with Crippen LogP contribution < -0.4 is 4.74 Å². The summed E-state index contributed by atoms with van der Waals surface area (Å²) in [7, 11) is 0. The maximum Gasteiger partial charge on any atom is 0.240 e. The number of ether oxygens (including phenoxy) is 1. The first-order valence-corrected chi connectivity index (χ1v) is 5.37. The highest BCUT2D eigenvalue weighted by Gasteiger charge is 2.06. The van der Waals surface area contributed by atoms with Crippen LogP contribution in [0.15, 0.2) is 58.5 Å². The Bertz CT molecular complexity index is 625. The van der Waals surface area contributed by atoms with Crippen molar-refractivity contribution in [3.8, 4) is 11.5 Å². The van der Waals surface area contributed by atoms with E-state index in [1.54, 1.807) is 48.5 Å². The Morgan fingerprint density at radius 3 is 1.58 bits per heavy atom. The van der Waals surface area contributed by atoms with Crippen LogP contribution >= 0.6 is 0 Å². The number of benzene rings is 2. The topological polar surface area (TPSA) is 68.1 Å². The van der Waals surface area contributed by atoms with Crippen LogP contribution in [0.5, 0.6) is 11.5 Å². The highest BCUT2D eigenvalue weighted by Crippen LogP contribution is 2.35. The van der Waals surface area contributed by atoms with Gasteiger partial charge in [-0.25, -0.2) is 9.59 Å². The van der Waals surface area contributed by atoms with Crippen molar-refractivity contribution in [2.45, 2.75) is 0 Å². The normalized spacial score (nSPS) is 9.05. The van der Waals surface area contributed by atoms with Gasteiger partial charge in [0.2, 0.25) is 12.2 Å². The maximum absolute atomic E-state index is 10.3. The molecule has 2 aromatic rings. The van der Waals surface area contributed by atoms with Crippen LogP contribution in [0.2, 0.25) is 0 Å². The smallest absolute Gasteiger partial charge is 0.240 e. The van der Waals surface area contributed by atoms with E-state index in [2.05, 4.69) is 9.98 Å². The molecule has 0 aliphatic rings. The Kier molecular flexibility index (Phi) is 3.98. The molecule has 0 N–H and O–H groups in total. The summed E-state index contributed by atoms with van der Waals surface area (Å²) >= 11 is 0. The second-order valence-corrected chi connectivity index (χ2v) is 3.44. The SMILES string of the molecule is O=C=Nc1ccccc1Oc1ccccc1N=C=O. The van der Waals surface area contributed by atoms with Crippen LogP contribution in [-0.4, -0.2) is 12.2 Å². The van der Waals surface area contributed by atoms with Crippen molar-refractivity contribution < 1.29 is 14.3 Å². The second-order valence-electron chi connectivity index (χ2n) is 3.44. The molecule has 5 heteroatoms. The van der Waals surface area contributed by atoms with Gasteiger partial charge in [0.15, 0.2) is 11.5 Å². The van der Waals surface area contributed by atoms with Crippen LogP contribution in [0.1, 0.15) is 0 Å². The molecule has 19 heavy (non-hydrogen) atoms. The van der Waals surface area contributed by atoms with Crippen molar-refractivity contribution in [2.24, 2.45) is 9.98 Å². The molecule has 2 aromatic carbocycles. The minimum atomic E-state index is 0.349. The molecule has 0 heterocycles. The van der Waals surface area contributed by atoms with Gasteiger partial charge in [0.25, 0.3) is 0 Å². The van der Waals surface area contributed by atoms with Crippen molar-refractivity contribution in [1.29, 1.82) is 0 Å². The molecule has 0 saturated carbocycles. The van der Waals surface area contributed by atoms with Gasteiger partial charge in [-0.05, 0) is 24.3 Å². The van der Waals surface area contributed by atoms with Gasteiger partial charge in [0.05, 0.1) is 0 Å². The van der Waals surface area contributed by atoms with E-state index in [0.717, 1.165) is 0 Å². The summed E-state index contributed by atoms with van der Waals surface area (Å²) in [5.74, 6) is 0.749. The van der Waals surface area contributed by atoms with E-state index in [1.807, 2.05) is 0 Å². The predicted molar refractivity (Wildman–Crippen MR) is 68.5 cm³/mol. The first-order chi connectivity index (χ1) is 9.35. The number of nitrogens with zero attached hydrogens (tertiary/aromatic N) is 2. The van der Waals surface area contributed by atoms with Crippen LogP contribution in [-0.2, 0) is 9.59 Å². The molecule has 0 spiro atoms. The number of para-hydroxylation sites is 4. The third-order valence-corrected chi connectivity index (χ3v) is 2.28. The summed E-state index contributed by atoms with van der Waals surface area (Å²) in [6.45, 7) is 0. The molecule has 0 aliphatic heterocycles. The van der Waals surface area contributed by atoms with Crippen molar-refractivity contribution in [3.05, 3.63) is 48.5 Å². The van der Waals surface area contributed by atoms with Gasteiger partial charge in [0, 0.05) is 0 Å². The molecular formula is C14H8N2O3. The summed E-state index contributed by atoms with van der Waals surface area (Å²) < 4.78 is 5.60. The number of aliphatic imine (C=N–C) groups is 2. The molecule has 0 saturated heterocycles. The number of rotatable bonds is 4. The molecule has 92 valence electrons. The van der Waals surface area contributed by atoms with Crippen molar-refractivity contribution in [3.63, 3.8) is 0 Å². The molecule has 2 rings (SSSR count). The van der Waals surface area contributed by atoms with Crippen LogP contribution in [0.25, 0.3) is 0 Å². The molecular weight excluding hydrogens is 244 g/mol. The lowest BCUT2D eigenvalue weighted by molar-refractivity contribution is 0.485. The summed E-state index contributed by atoms with van der Waals surface area (Å²) in [4.78, 5) is 27.7. The quantitative estimate of drug-likeness (QED) is 0.618. The first kappa shape index (κ1) is 12.5. The minimum Gasteiger partial charge on any atom is -0.453 e. The highest BCUT2D eigenvalue weighted by atomic mass is 16.5. The van der Waals surface area contributed by atoms with Crippen LogP contribution in [0.3, 0.4) is 0 Å². The van der Waals surface area contributed by atoms with E-state index < -0.39 is 0 Å². The van der Waals surface area contributed by atoms with Crippen molar-refractivity contribution >= 4 is 23.5 Å². The Hall–Kier alpha value is -3.00. The first-order valence-electron chi connectivity index (χ1n) is 5.37. The molecule has 0 aliphatic carbocycles. The largest absolute Gasteiger partial charge is 0.453 e. The molecule has 0 radical (unpaired) electrons. The molecule has 0 bridgehead atoms. The summed E-state index contributed by atoms with van der Waals surface area (Å²) in [5.41, 5.74) is 0.699. The summed E-state index contributed by atoms with van der Waals surface area (Å²) in [6, 6.07) is 13.5. The fourth-order valence-corrected chi connectivity index (χ4v) is 1.49. The Morgan fingerprint density at radius 2 is 1.16 bits per heavy atom. The Balaban J connectivity index is 2.41.